The van der Waals surface area contributed by atoms with E-state index in [0.717, 1.165) is 5.75 Å². The Kier molecular flexibility index (Phi) is 5.72. The van der Waals surface area contributed by atoms with Gasteiger partial charge in [-0.05, 0) is 12.1 Å². The Morgan fingerprint density at radius 3 is 2.75 bits per heavy atom. The predicted octanol–water partition coefficient (Wildman–Crippen LogP) is 2.06. The standard InChI is InChI=1S/C12H16ClNO2/c1-10(9-13)12(15)14-7-8-16-11-5-3-2-4-6-11/h2-6,10H,7-9H2,1H3,(H,14,15). The summed E-state index contributed by atoms with van der Waals surface area (Å²) in [6, 6.07) is 9.50. The van der Waals surface area contributed by atoms with Crippen molar-refractivity contribution in [2.45, 2.75) is 6.92 Å². The van der Waals surface area contributed by atoms with Crippen molar-refractivity contribution in [1.29, 1.82) is 0 Å². The molecule has 16 heavy (non-hydrogen) atoms. The molecule has 0 heterocycles. The summed E-state index contributed by atoms with van der Waals surface area (Å²) in [6.45, 7) is 2.75. The Morgan fingerprint density at radius 2 is 2.12 bits per heavy atom. The average Bonchev–Trinajstić information content (AvgIpc) is 2.34. The van der Waals surface area contributed by atoms with Gasteiger partial charge in [-0.3, -0.25) is 4.79 Å². The lowest BCUT2D eigenvalue weighted by Crippen LogP contribution is -2.33. The van der Waals surface area contributed by atoms with E-state index in [9.17, 15) is 4.79 Å². The fourth-order valence-electron chi connectivity index (χ4n) is 1.10. The minimum atomic E-state index is -0.154. The normalized spacial score (nSPS) is 11.9. The molecule has 3 nitrogen and oxygen atoms in total. The third-order valence-corrected chi connectivity index (χ3v) is 2.56. The van der Waals surface area contributed by atoms with Crippen LogP contribution in [0, 0.1) is 5.92 Å². The summed E-state index contributed by atoms with van der Waals surface area (Å²) in [5.41, 5.74) is 0. The lowest BCUT2D eigenvalue weighted by atomic mass is 10.2. The molecule has 1 atom stereocenters. The molecule has 1 amide bonds. The fraction of sp³-hybridized carbons (Fsp3) is 0.417. The van der Waals surface area contributed by atoms with E-state index in [1.54, 1.807) is 6.92 Å². The SMILES string of the molecule is CC(CCl)C(=O)NCCOc1ccccc1. The molecule has 1 unspecified atom stereocenters. The van der Waals surface area contributed by atoms with E-state index in [1.165, 1.54) is 0 Å². The van der Waals surface area contributed by atoms with E-state index in [2.05, 4.69) is 5.32 Å². The number of nitrogens with one attached hydrogen (secondary N) is 1. The molecule has 0 saturated carbocycles. The number of amides is 1. The molecule has 88 valence electrons. The highest BCUT2D eigenvalue weighted by atomic mass is 35.5. The van der Waals surface area contributed by atoms with Crippen LogP contribution in [0.1, 0.15) is 6.92 Å². The molecule has 0 fully saturated rings. The van der Waals surface area contributed by atoms with E-state index in [4.69, 9.17) is 16.3 Å². The Labute approximate surface area is 101 Å². The zero-order valence-corrected chi connectivity index (χ0v) is 10.0. The number of benzene rings is 1. The van der Waals surface area contributed by atoms with Crippen LogP contribution in [0.2, 0.25) is 0 Å². The van der Waals surface area contributed by atoms with E-state index < -0.39 is 0 Å². The van der Waals surface area contributed by atoms with E-state index in [1.807, 2.05) is 30.3 Å². The summed E-state index contributed by atoms with van der Waals surface area (Å²) in [6.07, 6.45) is 0. The first-order chi connectivity index (χ1) is 7.74. The van der Waals surface area contributed by atoms with Gasteiger partial charge in [0, 0.05) is 11.8 Å². The van der Waals surface area contributed by atoms with Gasteiger partial charge in [0.15, 0.2) is 0 Å². The van der Waals surface area contributed by atoms with Crippen molar-refractivity contribution < 1.29 is 9.53 Å². The minimum Gasteiger partial charge on any atom is -0.492 e. The summed E-state index contributed by atoms with van der Waals surface area (Å²) in [4.78, 5) is 11.3. The number of carbonyl (C=O) groups is 1. The Balaban J connectivity index is 2.15. The monoisotopic (exact) mass is 241 g/mol. The van der Waals surface area contributed by atoms with Crippen molar-refractivity contribution in [3.8, 4) is 5.75 Å². The quantitative estimate of drug-likeness (QED) is 0.612. The summed E-state index contributed by atoms with van der Waals surface area (Å²) in [5.74, 6) is 0.956. The van der Waals surface area contributed by atoms with Crippen molar-refractivity contribution in [3.63, 3.8) is 0 Å². The van der Waals surface area contributed by atoms with Crippen LogP contribution < -0.4 is 10.1 Å². The molecule has 0 aromatic heterocycles. The van der Waals surface area contributed by atoms with Crippen LogP contribution in [0.3, 0.4) is 0 Å². The topological polar surface area (TPSA) is 38.3 Å². The van der Waals surface area contributed by atoms with Gasteiger partial charge in [0.2, 0.25) is 5.91 Å². The van der Waals surface area contributed by atoms with E-state index in [0.29, 0.717) is 19.0 Å². The maximum Gasteiger partial charge on any atom is 0.224 e. The van der Waals surface area contributed by atoms with Crippen LogP contribution >= 0.6 is 11.6 Å². The molecule has 0 radical (unpaired) electrons. The highest BCUT2D eigenvalue weighted by molar-refractivity contribution is 6.19. The molecule has 1 aromatic carbocycles. The Morgan fingerprint density at radius 1 is 1.44 bits per heavy atom. The molecule has 0 saturated heterocycles. The van der Waals surface area contributed by atoms with Crippen molar-refractivity contribution in [2.24, 2.45) is 5.92 Å². The summed E-state index contributed by atoms with van der Waals surface area (Å²) < 4.78 is 5.42. The van der Waals surface area contributed by atoms with Crippen molar-refractivity contribution in [2.75, 3.05) is 19.0 Å². The van der Waals surface area contributed by atoms with Crippen LogP contribution in [0.15, 0.2) is 30.3 Å². The Hall–Kier alpha value is -1.22. The molecule has 1 rings (SSSR count). The molecular formula is C12H16ClNO2. The average molecular weight is 242 g/mol. The number of hydrogen-bond acceptors (Lipinski definition) is 2. The number of hydrogen-bond donors (Lipinski definition) is 1. The van der Waals surface area contributed by atoms with Gasteiger partial charge in [0.1, 0.15) is 12.4 Å². The first-order valence-electron chi connectivity index (χ1n) is 5.25. The van der Waals surface area contributed by atoms with E-state index >= 15 is 0 Å². The lowest BCUT2D eigenvalue weighted by molar-refractivity contribution is -0.123. The molecule has 0 aliphatic heterocycles. The van der Waals surface area contributed by atoms with Gasteiger partial charge in [0.25, 0.3) is 0 Å². The highest BCUT2D eigenvalue weighted by Gasteiger charge is 2.09. The molecule has 1 N–H and O–H groups in total. The van der Waals surface area contributed by atoms with Crippen LogP contribution in [-0.4, -0.2) is 24.9 Å². The molecule has 4 heteroatoms. The predicted molar refractivity (Wildman–Crippen MR) is 64.8 cm³/mol. The molecular weight excluding hydrogens is 226 g/mol. The third-order valence-electron chi connectivity index (χ3n) is 2.09. The highest BCUT2D eigenvalue weighted by Crippen LogP contribution is 2.07. The Bertz CT molecular complexity index is 316. The fourth-order valence-corrected chi connectivity index (χ4v) is 1.24. The second-order valence-electron chi connectivity index (χ2n) is 3.51. The number of carbonyl (C=O) groups excluding carboxylic acids is 1. The number of ether oxygens (including phenoxy) is 1. The molecule has 0 aliphatic carbocycles. The zero-order chi connectivity index (χ0) is 11.8. The summed E-state index contributed by atoms with van der Waals surface area (Å²) in [5, 5.41) is 2.76. The van der Waals surface area contributed by atoms with Crippen LogP contribution in [0.4, 0.5) is 0 Å². The molecule has 0 bridgehead atoms. The van der Waals surface area contributed by atoms with Gasteiger partial charge in [0.05, 0.1) is 6.54 Å². The van der Waals surface area contributed by atoms with Gasteiger partial charge >= 0.3 is 0 Å². The van der Waals surface area contributed by atoms with Gasteiger partial charge in [-0.2, -0.15) is 0 Å². The smallest absolute Gasteiger partial charge is 0.224 e. The van der Waals surface area contributed by atoms with Crippen molar-refractivity contribution >= 4 is 17.5 Å². The number of halogens is 1. The van der Waals surface area contributed by atoms with Gasteiger partial charge in [-0.15, -0.1) is 11.6 Å². The third kappa shape index (κ3) is 4.53. The van der Waals surface area contributed by atoms with Gasteiger partial charge in [-0.25, -0.2) is 0 Å². The van der Waals surface area contributed by atoms with Gasteiger partial charge in [-0.1, -0.05) is 25.1 Å². The number of rotatable bonds is 6. The molecule has 1 aromatic rings. The van der Waals surface area contributed by atoms with Crippen LogP contribution in [0.25, 0.3) is 0 Å². The van der Waals surface area contributed by atoms with Crippen LogP contribution in [-0.2, 0) is 4.79 Å². The molecule has 0 aliphatic rings. The second-order valence-corrected chi connectivity index (χ2v) is 3.82. The molecule has 0 spiro atoms. The van der Waals surface area contributed by atoms with Crippen LogP contribution in [0.5, 0.6) is 5.75 Å². The maximum absolute atomic E-state index is 11.3. The lowest BCUT2D eigenvalue weighted by Gasteiger charge is -2.10. The van der Waals surface area contributed by atoms with Crippen molar-refractivity contribution in [3.05, 3.63) is 30.3 Å². The summed E-state index contributed by atoms with van der Waals surface area (Å²) >= 11 is 5.56. The largest absolute Gasteiger partial charge is 0.492 e. The maximum atomic E-state index is 11.3. The van der Waals surface area contributed by atoms with E-state index in [-0.39, 0.29) is 11.8 Å². The zero-order valence-electron chi connectivity index (χ0n) is 9.28. The summed E-state index contributed by atoms with van der Waals surface area (Å²) in [7, 11) is 0. The first-order valence-corrected chi connectivity index (χ1v) is 5.79. The first kappa shape index (κ1) is 12.8. The van der Waals surface area contributed by atoms with Crippen molar-refractivity contribution in [1.82, 2.24) is 5.32 Å². The number of alkyl halides is 1. The van der Waals surface area contributed by atoms with Gasteiger partial charge < -0.3 is 10.1 Å². The number of para-hydroxylation sites is 1. The minimum absolute atomic E-state index is 0.0355. The second kappa shape index (κ2) is 7.12.